The molecule has 3 aliphatic rings. The summed E-state index contributed by atoms with van der Waals surface area (Å²) < 4.78 is 0. The molecule has 7 nitrogen and oxygen atoms in total. The van der Waals surface area contributed by atoms with Crippen LogP contribution in [-0.4, -0.2) is 66.4 Å². The van der Waals surface area contributed by atoms with Gasteiger partial charge in [0.05, 0.1) is 6.04 Å². The molecular weight excluding hydrogens is 332 g/mol. The molecule has 0 spiro atoms. The van der Waals surface area contributed by atoms with Gasteiger partial charge in [0.1, 0.15) is 6.54 Å². The van der Waals surface area contributed by atoms with Crippen LogP contribution in [0.25, 0.3) is 0 Å². The van der Waals surface area contributed by atoms with Gasteiger partial charge in [-0.3, -0.25) is 9.59 Å². The number of nitrogens with one attached hydrogen (secondary N) is 1. The molecule has 7 heteroatoms. The first-order valence-corrected chi connectivity index (χ1v) is 9.34. The zero-order valence-corrected chi connectivity index (χ0v) is 14.8. The Hall–Kier alpha value is -2.57. The lowest BCUT2D eigenvalue weighted by Gasteiger charge is -2.38. The molecule has 0 bridgehead atoms. The third-order valence-corrected chi connectivity index (χ3v) is 5.56. The average Bonchev–Trinajstić information content (AvgIpc) is 3.10. The number of hydrogen-bond acceptors (Lipinski definition) is 3. The van der Waals surface area contributed by atoms with Crippen molar-refractivity contribution in [2.24, 2.45) is 0 Å². The molecule has 1 atom stereocenters. The van der Waals surface area contributed by atoms with Crippen molar-refractivity contribution >= 4 is 23.5 Å². The Morgan fingerprint density at radius 3 is 2.81 bits per heavy atom. The number of likely N-dealkylation sites (tertiary alicyclic amines) is 1. The van der Waals surface area contributed by atoms with Gasteiger partial charge in [-0.15, -0.1) is 0 Å². The third-order valence-electron chi connectivity index (χ3n) is 5.56. The van der Waals surface area contributed by atoms with Crippen LogP contribution in [0.1, 0.15) is 24.8 Å². The van der Waals surface area contributed by atoms with E-state index in [4.69, 9.17) is 0 Å². The summed E-state index contributed by atoms with van der Waals surface area (Å²) >= 11 is 0. The van der Waals surface area contributed by atoms with Gasteiger partial charge < -0.3 is 20.0 Å². The van der Waals surface area contributed by atoms with Crippen molar-refractivity contribution in [1.29, 1.82) is 0 Å². The van der Waals surface area contributed by atoms with E-state index in [1.54, 1.807) is 4.90 Å². The Kier molecular flexibility index (Phi) is 4.53. The van der Waals surface area contributed by atoms with E-state index < -0.39 is 0 Å². The molecule has 1 aromatic carbocycles. The number of benzene rings is 1. The minimum Gasteiger partial charge on any atom is -0.339 e. The van der Waals surface area contributed by atoms with Crippen molar-refractivity contribution in [1.82, 2.24) is 15.1 Å². The van der Waals surface area contributed by atoms with E-state index >= 15 is 0 Å². The fourth-order valence-electron chi connectivity index (χ4n) is 4.18. The average molecular weight is 356 g/mol. The first kappa shape index (κ1) is 16.9. The molecule has 1 N–H and O–H groups in total. The van der Waals surface area contributed by atoms with Crippen LogP contribution < -0.4 is 10.2 Å². The van der Waals surface area contributed by atoms with Crippen molar-refractivity contribution in [2.45, 2.75) is 31.7 Å². The van der Waals surface area contributed by atoms with Crippen molar-refractivity contribution in [2.75, 3.05) is 37.6 Å². The second-order valence-electron chi connectivity index (χ2n) is 7.17. The van der Waals surface area contributed by atoms with E-state index in [9.17, 15) is 14.4 Å². The number of amides is 4. The Morgan fingerprint density at radius 2 is 2.00 bits per heavy atom. The number of hydrogen-bond donors (Lipinski definition) is 1. The molecule has 0 aliphatic carbocycles. The van der Waals surface area contributed by atoms with E-state index in [2.05, 4.69) is 5.32 Å². The predicted octanol–water partition coefficient (Wildman–Crippen LogP) is 0.982. The molecule has 1 unspecified atom stereocenters. The van der Waals surface area contributed by atoms with Crippen LogP contribution in [-0.2, 0) is 16.0 Å². The number of anilines is 1. The molecule has 0 saturated carbocycles. The van der Waals surface area contributed by atoms with Gasteiger partial charge in [0.2, 0.25) is 11.8 Å². The SMILES string of the molecule is O=C(CN1C(=O)CCc2ccccc21)N1CCCC(N2CCNC2=O)C1. The fraction of sp³-hybridized carbons (Fsp3) is 0.526. The number of carbonyl (C=O) groups is 3. The summed E-state index contributed by atoms with van der Waals surface area (Å²) in [6, 6.07) is 7.82. The zero-order valence-electron chi connectivity index (χ0n) is 14.8. The number of carbonyl (C=O) groups excluding carboxylic acids is 3. The minimum absolute atomic E-state index is 0.00419. The summed E-state index contributed by atoms with van der Waals surface area (Å²) in [7, 11) is 0. The first-order chi connectivity index (χ1) is 12.6. The largest absolute Gasteiger partial charge is 0.339 e. The van der Waals surface area contributed by atoms with Crippen molar-refractivity contribution in [3.8, 4) is 0 Å². The zero-order chi connectivity index (χ0) is 18.1. The monoisotopic (exact) mass is 356 g/mol. The minimum atomic E-state index is -0.0423. The summed E-state index contributed by atoms with van der Waals surface area (Å²) in [5.41, 5.74) is 1.97. The number of nitrogens with zero attached hydrogens (tertiary/aromatic N) is 3. The van der Waals surface area contributed by atoms with Gasteiger partial charge in [-0.2, -0.15) is 0 Å². The predicted molar refractivity (Wildman–Crippen MR) is 96.8 cm³/mol. The molecule has 4 rings (SSSR count). The number of fused-ring (bicyclic) bond motifs is 1. The Balaban J connectivity index is 1.44. The summed E-state index contributed by atoms with van der Waals surface area (Å²) in [4.78, 5) is 42.4. The summed E-state index contributed by atoms with van der Waals surface area (Å²) in [5.74, 6) is -0.0381. The second-order valence-corrected chi connectivity index (χ2v) is 7.17. The summed E-state index contributed by atoms with van der Waals surface area (Å²) in [6.45, 7) is 2.69. The number of para-hydroxylation sites is 1. The lowest BCUT2D eigenvalue weighted by Crippen LogP contribution is -2.53. The molecule has 0 radical (unpaired) electrons. The second kappa shape index (κ2) is 6.97. The molecule has 26 heavy (non-hydrogen) atoms. The van der Waals surface area contributed by atoms with Crippen molar-refractivity contribution in [3.05, 3.63) is 29.8 Å². The summed E-state index contributed by atoms with van der Waals surface area (Å²) in [5, 5.41) is 2.82. The molecular formula is C19H24N4O3. The first-order valence-electron chi connectivity index (χ1n) is 9.34. The number of rotatable bonds is 3. The van der Waals surface area contributed by atoms with E-state index in [-0.39, 0.29) is 30.4 Å². The van der Waals surface area contributed by atoms with Crippen molar-refractivity contribution in [3.63, 3.8) is 0 Å². The molecule has 2 saturated heterocycles. The van der Waals surface area contributed by atoms with E-state index in [1.807, 2.05) is 34.1 Å². The molecule has 3 heterocycles. The van der Waals surface area contributed by atoms with Gasteiger partial charge in [-0.05, 0) is 30.9 Å². The number of aryl methyl sites for hydroxylation is 1. The molecule has 0 aromatic heterocycles. The van der Waals surface area contributed by atoms with E-state index in [0.717, 1.165) is 30.5 Å². The highest BCUT2D eigenvalue weighted by Crippen LogP contribution is 2.27. The lowest BCUT2D eigenvalue weighted by molar-refractivity contribution is -0.133. The Bertz CT molecular complexity index is 735. The van der Waals surface area contributed by atoms with Gasteiger partial charge in [-0.25, -0.2) is 4.79 Å². The third kappa shape index (κ3) is 3.13. The van der Waals surface area contributed by atoms with Gasteiger partial charge in [-0.1, -0.05) is 18.2 Å². The van der Waals surface area contributed by atoms with Crippen LogP contribution in [0.15, 0.2) is 24.3 Å². The molecule has 3 aliphatic heterocycles. The molecule has 138 valence electrons. The standard InChI is InChI=1S/C19H24N4O3/c24-17-8-7-14-4-1-2-6-16(14)23(17)13-18(25)21-10-3-5-15(12-21)22-11-9-20-19(22)26/h1-2,4,6,15H,3,5,7-13H2,(H,20,26). The molecule has 2 fully saturated rings. The van der Waals surface area contributed by atoms with Crippen LogP contribution in [0.4, 0.5) is 10.5 Å². The van der Waals surface area contributed by atoms with Gasteiger partial charge in [0.25, 0.3) is 0 Å². The van der Waals surface area contributed by atoms with E-state index in [0.29, 0.717) is 32.6 Å². The van der Waals surface area contributed by atoms with E-state index in [1.165, 1.54) is 0 Å². The quantitative estimate of drug-likeness (QED) is 0.878. The van der Waals surface area contributed by atoms with Gasteiger partial charge in [0.15, 0.2) is 0 Å². The maximum Gasteiger partial charge on any atom is 0.317 e. The Morgan fingerprint density at radius 1 is 1.15 bits per heavy atom. The highest BCUT2D eigenvalue weighted by Gasteiger charge is 2.34. The highest BCUT2D eigenvalue weighted by molar-refractivity contribution is 6.01. The normalized spacial score (nSPS) is 23.1. The maximum absolute atomic E-state index is 12.9. The highest BCUT2D eigenvalue weighted by atomic mass is 16.2. The fourth-order valence-corrected chi connectivity index (χ4v) is 4.18. The topological polar surface area (TPSA) is 73.0 Å². The molecule has 1 aromatic rings. The maximum atomic E-state index is 12.9. The smallest absolute Gasteiger partial charge is 0.317 e. The van der Waals surface area contributed by atoms with Gasteiger partial charge >= 0.3 is 6.03 Å². The van der Waals surface area contributed by atoms with Crippen LogP contribution in [0.2, 0.25) is 0 Å². The summed E-state index contributed by atoms with van der Waals surface area (Å²) in [6.07, 6.45) is 2.98. The van der Waals surface area contributed by atoms with Crippen molar-refractivity contribution < 1.29 is 14.4 Å². The molecule has 4 amide bonds. The van der Waals surface area contributed by atoms with Crippen LogP contribution in [0, 0.1) is 0 Å². The van der Waals surface area contributed by atoms with Crippen LogP contribution in [0.3, 0.4) is 0 Å². The number of urea groups is 1. The number of piperidine rings is 1. The lowest BCUT2D eigenvalue weighted by atomic mass is 10.0. The van der Waals surface area contributed by atoms with Crippen LogP contribution in [0.5, 0.6) is 0 Å². The van der Waals surface area contributed by atoms with Crippen LogP contribution >= 0.6 is 0 Å². The Labute approximate surface area is 152 Å². The van der Waals surface area contributed by atoms with Gasteiger partial charge in [0, 0.05) is 38.3 Å².